The first-order chi connectivity index (χ1) is 21.9. The highest BCUT2D eigenvalue weighted by atomic mass is 16.5. The Morgan fingerprint density at radius 3 is 2.29 bits per heavy atom. The van der Waals surface area contributed by atoms with Crippen LogP contribution in [0.1, 0.15) is 88.1 Å². The molecule has 2 N–H and O–H groups in total. The lowest BCUT2D eigenvalue weighted by Crippen LogP contribution is -2.30. The van der Waals surface area contributed by atoms with Gasteiger partial charge in [-0.05, 0) is 86.1 Å². The van der Waals surface area contributed by atoms with Crippen molar-refractivity contribution in [2.24, 2.45) is 10.8 Å². The average Bonchev–Trinajstić information content (AvgIpc) is 3.77. The minimum Gasteiger partial charge on any atom is -0.375 e. The van der Waals surface area contributed by atoms with E-state index in [2.05, 4.69) is 82.3 Å². The van der Waals surface area contributed by atoms with Crippen LogP contribution >= 0.6 is 0 Å². The van der Waals surface area contributed by atoms with Crippen molar-refractivity contribution in [2.75, 3.05) is 33.3 Å². The second-order valence-corrected chi connectivity index (χ2v) is 15.0. The Labute approximate surface area is 267 Å². The van der Waals surface area contributed by atoms with Crippen LogP contribution in [0.5, 0.6) is 0 Å². The first-order valence-electron chi connectivity index (χ1n) is 17.3. The van der Waals surface area contributed by atoms with Crippen LogP contribution in [0.15, 0.2) is 54.7 Å². The third-order valence-corrected chi connectivity index (χ3v) is 11.0. The van der Waals surface area contributed by atoms with Gasteiger partial charge in [0, 0.05) is 25.3 Å². The lowest BCUT2D eigenvalue weighted by Gasteiger charge is -2.24. The maximum absolute atomic E-state index is 6.12. The monoisotopic (exact) mass is 604 g/mol. The molecule has 45 heavy (non-hydrogen) atoms. The Balaban J connectivity index is 0.977. The molecule has 1 saturated heterocycles. The molecule has 7 heteroatoms. The second kappa shape index (κ2) is 11.8. The summed E-state index contributed by atoms with van der Waals surface area (Å²) in [7, 11) is 2.24. The lowest BCUT2D eigenvalue weighted by molar-refractivity contribution is 0.115. The maximum Gasteiger partial charge on any atom is 0.123 e. The molecule has 0 amide bonds. The van der Waals surface area contributed by atoms with Crippen LogP contribution in [0, 0.1) is 10.8 Å². The molecule has 2 saturated carbocycles. The van der Waals surface area contributed by atoms with E-state index >= 15 is 0 Å². The van der Waals surface area contributed by atoms with Crippen molar-refractivity contribution >= 4 is 0 Å². The Morgan fingerprint density at radius 1 is 0.867 bits per heavy atom. The normalized spacial score (nSPS) is 23.4. The average molecular weight is 605 g/mol. The number of aromatic amines is 2. The fourth-order valence-electron chi connectivity index (χ4n) is 7.72. The van der Waals surface area contributed by atoms with E-state index in [1.54, 1.807) is 0 Å². The van der Waals surface area contributed by atoms with Gasteiger partial charge in [-0.1, -0.05) is 68.3 Å². The number of imidazole rings is 2. The molecule has 2 aliphatic carbocycles. The van der Waals surface area contributed by atoms with Crippen molar-refractivity contribution in [1.29, 1.82) is 0 Å². The third kappa shape index (κ3) is 6.40. The Kier molecular flexibility index (Phi) is 7.67. The van der Waals surface area contributed by atoms with E-state index in [0.717, 1.165) is 60.4 Å². The highest BCUT2D eigenvalue weighted by molar-refractivity contribution is 5.72. The number of likely N-dealkylation sites (tertiary alicyclic amines) is 1. The molecule has 1 unspecified atom stereocenters. The first-order valence-corrected chi connectivity index (χ1v) is 17.3. The minimum absolute atomic E-state index is 0.410. The van der Waals surface area contributed by atoms with E-state index in [-0.39, 0.29) is 0 Å². The Bertz CT molecular complexity index is 1610. The molecule has 0 radical (unpaired) electrons. The van der Waals surface area contributed by atoms with Gasteiger partial charge in [-0.3, -0.25) is 9.80 Å². The fourth-order valence-corrected chi connectivity index (χ4v) is 7.72. The molecule has 4 heterocycles. The van der Waals surface area contributed by atoms with Crippen LogP contribution in [0.25, 0.3) is 33.6 Å². The van der Waals surface area contributed by atoms with Crippen molar-refractivity contribution < 1.29 is 4.74 Å². The van der Waals surface area contributed by atoms with E-state index in [0.29, 0.717) is 23.5 Å². The summed E-state index contributed by atoms with van der Waals surface area (Å²) in [5.74, 6) is 2.16. The van der Waals surface area contributed by atoms with Crippen LogP contribution in [0.3, 0.4) is 0 Å². The lowest BCUT2D eigenvalue weighted by atomic mass is 10.0. The number of benzene rings is 2. The molecule has 1 atom stereocenters. The van der Waals surface area contributed by atoms with Crippen molar-refractivity contribution in [3.8, 4) is 33.6 Å². The maximum atomic E-state index is 6.12. The van der Waals surface area contributed by atoms with Gasteiger partial charge in [0.2, 0.25) is 0 Å². The predicted molar refractivity (Wildman–Crippen MR) is 179 cm³/mol. The highest BCUT2D eigenvalue weighted by Crippen LogP contribution is 2.57. The quantitative estimate of drug-likeness (QED) is 0.233. The molecule has 3 fully saturated rings. The van der Waals surface area contributed by atoms with Gasteiger partial charge in [0.15, 0.2) is 0 Å². The summed E-state index contributed by atoms with van der Waals surface area (Å²) in [6.07, 6.45) is 13.6. The van der Waals surface area contributed by atoms with E-state index < -0.39 is 0 Å². The largest absolute Gasteiger partial charge is 0.375 e. The van der Waals surface area contributed by atoms with Gasteiger partial charge in [0.1, 0.15) is 11.6 Å². The molecule has 8 rings (SSSR count). The Hall–Kier alpha value is -3.26. The molecular weight excluding hydrogens is 556 g/mol. The van der Waals surface area contributed by atoms with Gasteiger partial charge >= 0.3 is 0 Å². The van der Waals surface area contributed by atoms with Crippen molar-refractivity contribution in [1.82, 2.24) is 29.7 Å². The van der Waals surface area contributed by atoms with Crippen molar-refractivity contribution in [3.63, 3.8) is 0 Å². The molecule has 2 bridgehead atoms. The van der Waals surface area contributed by atoms with Gasteiger partial charge in [0.05, 0.1) is 42.5 Å². The van der Waals surface area contributed by atoms with Gasteiger partial charge in [-0.15, -0.1) is 0 Å². The molecule has 2 aromatic heterocycles. The molecule has 4 aromatic rings. The third-order valence-electron chi connectivity index (χ3n) is 11.0. The summed E-state index contributed by atoms with van der Waals surface area (Å²) in [5.41, 5.74) is 9.01. The van der Waals surface area contributed by atoms with E-state index in [4.69, 9.17) is 14.7 Å². The van der Waals surface area contributed by atoms with Gasteiger partial charge in [-0.2, -0.15) is 0 Å². The SMILES string of the molecule is CN1CC2(CC2)CC1c1ncc(-c2ccc(-c3ccc(-c4nc5[nH]c4COCCCCCCN(CC4(C)CC4)C5)cc3)cc2)[nH]1. The molecule has 7 nitrogen and oxygen atoms in total. The number of nitrogens with one attached hydrogen (secondary N) is 2. The molecular formula is C38H48N6O. The Morgan fingerprint density at radius 2 is 1.58 bits per heavy atom. The predicted octanol–water partition coefficient (Wildman–Crippen LogP) is 7.98. The van der Waals surface area contributed by atoms with Crippen LogP contribution in [0.4, 0.5) is 0 Å². The zero-order valence-electron chi connectivity index (χ0n) is 27.1. The van der Waals surface area contributed by atoms with E-state index in [9.17, 15) is 0 Å². The van der Waals surface area contributed by atoms with Gasteiger partial charge in [-0.25, -0.2) is 9.97 Å². The molecule has 2 aliphatic heterocycles. The van der Waals surface area contributed by atoms with Crippen LogP contribution in [0.2, 0.25) is 0 Å². The summed E-state index contributed by atoms with van der Waals surface area (Å²) >= 11 is 0. The van der Waals surface area contributed by atoms with Crippen LogP contribution < -0.4 is 0 Å². The number of hydrogen-bond donors (Lipinski definition) is 2. The summed E-state index contributed by atoms with van der Waals surface area (Å²) in [6.45, 7) is 8.22. The fraction of sp³-hybridized carbons (Fsp3) is 0.526. The smallest absolute Gasteiger partial charge is 0.123 e. The molecule has 1 spiro atoms. The number of nitrogens with zero attached hydrogens (tertiary/aromatic N) is 4. The molecule has 4 aliphatic rings. The summed E-state index contributed by atoms with van der Waals surface area (Å²) < 4.78 is 6.12. The van der Waals surface area contributed by atoms with Crippen LogP contribution in [-0.4, -0.2) is 63.0 Å². The van der Waals surface area contributed by atoms with Crippen molar-refractivity contribution in [3.05, 3.63) is 72.1 Å². The number of aromatic nitrogens is 4. The number of fused-ring (bicyclic) bond motifs is 2. The number of hydrogen-bond acceptors (Lipinski definition) is 5. The summed E-state index contributed by atoms with van der Waals surface area (Å²) in [4.78, 5) is 22.4. The summed E-state index contributed by atoms with van der Waals surface area (Å²) in [6, 6.07) is 18.1. The number of ether oxygens (including phenoxy) is 1. The second-order valence-electron chi connectivity index (χ2n) is 15.0. The molecule has 2 aromatic carbocycles. The summed E-state index contributed by atoms with van der Waals surface area (Å²) in [5, 5.41) is 0. The number of H-pyrrole nitrogens is 2. The standard InChI is InChI=1S/C38H48N6O/c1-37(15-16-37)25-44-19-5-3-4-6-20-45-24-32-35(42-34(23-44)40-32)30-13-9-28(10-14-30)27-7-11-29(12-8-27)31-22-39-36(41-31)33-21-38(17-18-38)26-43(33)2/h7-14,22,33H,3-6,15-21,23-26H2,1-2H3,(H,39,41)(H,40,42). The number of rotatable bonds is 6. The van der Waals surface area contributed by atoms with Gasteiger partial charge in [0.25, 0.3) is 0 Å². The topological polar surface area (TPSA) is 73.1 Å². The minimum atomic E-state index is 0.410. The van der Waals surface area contributed by atoms with Crippen molar-refractivity contribution in [2.45, 2.75) is 83.9 Å². The van der Waals surface area contributed by atoms with Gasteiger partial charge < -0.3 is 14.7 Å². The highest BCUT2D eigenvalue weighted by Gasteiger charge is 2.51. The first kappa shape index (κ1) is 29.2. The zero-order chi connectivity index (χ0) is 30.4. The van der Waals surface area contributed by atoms with E-state index in [1.807, 2.05) is 6.20 Å². The van der Waals surface area contributed by atoms with E-state index in [1.165, 1.54) is 81.1 Å². The van der Waals surface area contributed by atoms with Crippen LogP contribution in [-0.2, 0) is 17.9 Å². The zero-order valence-corrected chi connectivity index (χ0v) is 27.1. The molecule has 236 valence electrons.